The standard InChI is InChI=1S/C54H54N2O17/c1-3-7-41-64-25-39-47(71-41)43(57)45(59)49(69-39)55-29-15-11-27(12-16-29)51(61)66-31-19-21-35-37(23-31)68-38-24-32(20-22-36(38)54(35)34-10-6-5-9-33(34)53(63)73-54)67-52(62)28-13-17-30(18-14-28)56-50-46(60)44(58)48-40(70-50)26-65-42(72-48)8-4-2/h5-6,9-24,39-50,55-60H,3-4,7-8,25-26H2,1-2H3/t39?,40?,41?,42?,43-,44-,45-,46-,47?,48?,49-,50+,54?/m1/s1. The number of aliphatic hydroxyl groups excluding tert-OH is 4. The molecule has 0 radical (unpaired) electrons. The molecule has 5 aromatic rings. The molecule has 0 aromatic heterocycles. The molecular formula is C54H54N2O17. The van der Waals surface area contributed by atoms with Gasteiger partial charge in [0.2, 0.25) is 0 Å². The average Bonchev–Trinajstić information content (AvgIpc) is 3.70. The highest BCUT2D eigenvalue weighted by Gasteiger charge is 2.54. The van der Waals surface area contributed by atoms with Crippen LogP contribution in [0.3, 0.4) is 0 Å². The van der Waals surface area contributed by atoms with Gasteiger partial charge in [0.25, 0.3) is 0 Å². The number of esters is 3. The van der Waals surface area contributed by atoms with Crippen LogP contribution in [0.1, 0.15) is 87.3 Å². The summed E-state index contributed by atoms with van der Waals surface area (Å²) >= 11 is 0. The van der Waals surface area contributed by atoms with Gasteiger partial charge >= 0.3 is 17.9 Å². The number of anilines is 2. The molecule has 4 saturated heterocycles. The summed E-state index contributed by atoms with van der Waals surface area (Å²) in [7, 11) is 0. The van der Waals surface area contributed by atoms with Crippen LogP contribution in [0.4, 0.5) is 11.4 Å². The number of fused-ring (bicyclic) bond motifs is 8. The van der Waals surface area contributed by atoms with E-state index >= 15 is 0 Å². The molecule has 7 unspecified atom stereocenters. The Morgan fingerprint density at radius 2 is 1.05 bits per heavy atom. The first-order valence-electron chi connectivity index (χ1n) is 24.4. The lowest BCUT2D eigenvalue weighted by atomic mass is 9.77. The van der Waals surface area contributed by atoms with Gasteiger partial charge in [0.05, 0.1) is 29.9 Å². The molecule has 6 aliphatic rings. The SMILES string of the molecule is CCCC1OCC2O[C@@H](Nc3ccc(C(=O)Oc4ccc5c(c4)Oc4cc(OC(=O)c6ccc(N[C@H]7OC8COC(CCC)OC8[C@H](O)[C@H]7O)cc6)ccc4C54OC(=O)c5ccccc54)cc3)[C@H](O)[C@@H](O)C2O1. The highest BCUT2D eigenvalue weighted by atomic mass is 16.7. The van der Waals surface area contributed by atoms with Crippen LogP contribution >= 0.6 is 0 Å². The van der Waals surface area contributed by atoms with Gasteiger partial charge in [-0.25, -0.2) is 14.4 Å². The third-order valence-corrected chi connectivity index (χ3v) is 13.9. The van der Waals surface area contributed by atoms with E-state index in [2.05, 4.69) is 10.6 Å². The maximum Gasteiger partial charge on any atom is 0.343 e. The summed E-state index contributed by atoms with van der Waals surface area (Å²) in [5.41, 5.74) is 1.76. The second-order valence-electron chi connectivity index (χ2n) is 18.7. The summed E-state index contributed by atoms with van der Waals surface area (Å²) in [6.45, 7) is 4.39. The summed E-state index contributed by atoms with van der Waals surface area (Å²) in [5, 5.41) is 49.7. The number of benzene rings is 5. The van der Waals surface area contributed by atoms with Crippen molar-refractivity contribution in [2.45, 2.75) is 119 Å². The number of carbonyl (C=O) groups is 3. The van der Waals surface area contributed by atoms with Crippen LogP contribution in [-0.4, -0.2) is 125 Å². The van der Waals surface area contributed by atoms with Crippen LogP contribution in [0.15, 0.2) is 109 Å². The summed E-state index contributed by atoms with van der Waals surface area (Å²) in [6.07, 6.45) is -7.73. The molecule has 6 aliphatic heterocycles. The molecule has 19 nitrogen and oxygen atoms in total. The minimum absolute atomic E-state index is 0.116. The van der Waals surface area contributed by atoms with Crippen molar-refractivity contribution in [3.63, 3.8) is 0 Å². The molecule has 1 spiro atoms. The Morgan fingerprint density at radius 1 is 0.589 bits per heavy atom. The van der Waals surface area contributed by atoms with Crippen molar-refractivity contribution in [2.24, 2.45) is 0 Å². The molecule has 0 saturated carbocycles. The van der Waals surface area contributed by atoms with Crippen LogP contribution in [0.5, 0.6) is 23.0 Å². The average molecular weight is 1000 g/mol. The third-order valence-electron chi connectivity index (χ3n) is 13.9. The van der Waals surface area contributed by atoms with Gasteiger partial charge in [-0.2, -0.15) is 0 Å². The van der Waals surface area contributed by atoms with Crippen molar-refractivity contribution in [1.29, 1.82) is 0 Å². The van der Waals surface area contributed by atoms with Gasteiger partial charge in [-0.05, 0) is 91.7 Å². The minimum Gasteiger partial charge on any atom is -0.456 e. The molecule has 382 valence electrons. The van der Waals surface area contributed by atoms with E-state index in [1.54, 1.807) is 72.8 Å². The summed E-state index contributed by atoms with van der Waals surface area (Å²) in [4.78, 5) is 40.7. The van der Waals surface area contributed by atoms with Crippen molar-refractivity contribution in [3.05, 3.63) is 143 Å². The Hall–Kier alpha value is -6.49. The van der Waals surface area contributed by atoms with E-state index in [1.165, 1.54) is 36.4 Å². The van der Waals surface area contributed by atoms with Gasteiger partial charge < -0.3 is 78.4 Å². The Labute approximate surface area is 418 Å². The summed E-state index contributed by atoms with van der Waals surface area (Å²) < 4.78 is 59.7. The first kappa shape index (κ1) is 48.8. The molecule has 0 bridgehead atoms. The number of ether oxygens (including phenoxy) is 10. The number of hydrogen-bond acceptors (Lipinski definition) is 19. The van der Waals surface area contributed by atoms with Crippen molar-refractivity contribution in [3.8, 4) is 23.0 Å². The molecule has 6 heterocycles. The van der Waals surface area contributed by atoms with Gasteiger partial charge in [-0.1, -0.05) is 44.9 Å². The number of nitrogens with one attached hydrogen (secondary N) is 2. The second kappa shape index (κ2) is 20.1. The van der Waals surface area contributed by atoms with Crippen molar-refractivity contribution >= 4 is 29.3 Å². The first-order chi connectivity index (χ1) is 35.4. The van der Waals surface area contributed by atoms with Crippen LogP contribution in [0.25, 0.3) is 0 Å². The molecule has 0 aliphatic carbocycles. The molecule has 73 heavy (non-hydrogen) atoms. The molecule has 11 rings (SSSR count). The maximum atomic E-state index is 13.6. The number of carbonyl (C=O) groups excluding carboxylic acids is 3. The highest BCUT2D eigenvalue weighted by molar-refractivity contribution is 5.97. The summed E-state index contributed by atoms with van der Waals surface area (Å²) in [6, 6.07) is 29.1. The zero-order valence-corrected chi connectivity index (χ0v) is 39.7. The fourth-order valence-electron chi connectivity index (χ4n) is 10.2. The quantitative estimate of drug-likeness (QED) is 0.0668. The largest absolute Gasteiger partial charge is 0.456 e. The van der Waals surface area contributed by atoms with Gasteiger partial charge in [-0.15, -0.1) is 0 Å². The number of aliphatic hydroxyl groups is 4. The van der Waals surface area contributed by atoms with Crippen molar-refractivity contribution < 1.29 is 82.2 Å². The molecule has 19 heteroatoms. The Kier molecular flexibility index (Phi) is 13.4. The van der Waals surface area contributed by atoms with E-state index in [-0.39, 0.29) is 47.3 Å². The van der Waals surface area contributed by atoms with Gasteiger partial charge in [0.1, 0.15) is 71.8 Å². The predicted octanol–water partition coefficient (Wildman–Crippen LogP) is 5.49. The molecule has 0 amide bonds. The Balaban J connectivity index is 0.774. The fourth-order valence-corrected chi connectivity index (χ4v) is 10.2. The van der Waals surface area contributed by atoms with E-state index in [9.17, 15) is 34.8 Å². The van der Waals surface area contributed by atoms with Gasteiger partial charge in [-0.3, -0.25) is 0 Å². The molecule has 6 N–H and O–H groups in total. The molecule has 13 atom stereocenters. The predicted molar refractivity (Wildman–Crippen MR) is 255 cm³/mol. The lowest BCUT2D eigenvalue weighted by Crippen LogP contribution is -2.64. The Morgan fingerprint density at radius 3 is 1.52 bits per heavy atom. The van der Waals surface area contributed by atoms with Crippen LogP contribution in [-0.2, 0) is 38.8 Å². The van der Waals surface area contributed by atoms with E-state index in [0.717, 1.165) is 12.8 Å². The number of rotatable bonds is 12. The Bertz CT molecular complexity index is 2700. The molecular weight excluding hydrogens is 949 g/mol. The third kappa shape index (κ3) is 9.20. The van der Waals surface area contributed by atoms with Crippen LogP contribution in [0.2, 0.25) is 0 Å². The first-order valence-corrected chi connectivity index (χ1v) is 24.4. The van der Waals surface area contributed by atoms with Gasteiger partial charge in [0.15, 0.2) is 30.6 Å². The van der Waals surface area contributed by atoms with E-state index in [1.807, 2.05) is 13.8 Å². The lowest BCUT2D eigenvalue weighted by molar-refractivity contribution is -0.322. The number of hydrogen-bond donors (Lipinski definition) is 6. The summed E-state index contributed by atoms with van der Waals surface area (Å²) in [5.74, 6) is -1.30. The van der Waals surface area contributed by atoms with Crippen LogP contribution in [0, 0.1) is 0 Å². The monoisotopic (exact) mass is 1000 g/mol. The molecule has 4 fully saturated rings. The van der Waals surface area contributed by atoms with E-state index in [0.29, 0.717) is 46.5 Å². The van der Waals surface area contributed by atoms with Crippen molar-refractivity contribution in [1.82, 2.24) is 0 Å². The van der Waals surface area contributed by atoms with Crippen LogP contribution < -0.4 is 24.8 Å². The fraction of sp³-hybridized carbons (Fsp3) is 0.389. The van der Waals surface area contributed by atoms with Crippen molar-refractivity contribution in [2.75, 3.05) is 23.8 Å². The zero-order chi connectivity index (χ0) is 50.5. The zero-order valence-electron chi connectivity index (χ0n) is 39.7. The van der Waals surface area contributed by atoms with Gasteiger partial charge in [0, 0.05) is 40.2 Å². The lowest BCUT2D eigenvalue weighted by Gasteiger charge is -2.46. The smallest absolute Gasteiger partial charge is 0.343 e. The normalized spacial score (nSPS) is 30.8. The highest BCUT2D eigenvalue weighted by Crippen LogP contribution is 2.57. The van der Waals surface area contributed by atoms with E-state index in [4.69, 9.17) is 47.4 Å². The maximum absolute atomic E-state index is 13.6. The topological polar surface area (TPSA) is 248 Å². The second-order valence-corrected chi connectivity index (χ2v) is 18.7. The minimum atomic E-state index is -1.48. The molecule has 5 aromatic carbocycles. The van der Waals surface area contributed by atoms with E-state index < -0.39 is 97.4 Å².